The van der Waals surface area contributed by atoms with Crippen molar-refractivity contribution in [2.75, 3.05) is 13.2 Å². The highest BCUT2D eigenvalue weighted by atomic mass is 35.5. The average Bonchev–Trinajstić information content (AvgIpc) is 2.96. The molecule has 2 rings (SSSR count). The molecule has 0 spiro atoms. The van der Waals surface area contributed by atoms with Gasteiger partial charge in [-0.2, -0.15) is 4.99 Å². The summed E-state index contributed by atoms with van der Waals surface area (Å²) in [6, 6.07) is 8.27. The number of amidine groups is 1. The van der Waals surface area contributed by atoms with Gasteiger partial charge in [0.2, 0.25) is 0 Å². The minimum absolute atomic E-state index is 0.0705. The number of rotatable bonds is 11. The Kier molecular flexibility index (Phi) is 12.4. The number of ether oxygens (including phenoxy) is 1. The van der Waals surface area contributed by atoms with Crippen molar-refractivity contribution in [3.63, 3.8) is 0 Å². The van der Waals surface area contributed by atoms with Crippen LogP contribution in [0.2, 0.25) is 0 Å². The third-order valence-electron chi connectivity index (χ3n) is 5.32. The fraction of sp³-hybridized carbons (Fsp3) is 0.640. The number of allylic oxidation sites excluding steroid dienone is 1. The summed E-state index contributed by atoms with van der Waals surface area (Å²) < 4.78 is 28.7. The lowest BCUT2D eigenvalue weighted by molar-refractivity contribution is 0.219. The van der Waals surface area contributed by atoms with E-state index in [0.717, 1.165) is 54.8 Å². The van der Waals surface area contributed by atoms with Gasteiger partial charge in [-0.1, -0.05) is 69.5 Å². The van der Waals surface area contributed by atoms with Crippen molar-refractivity contribution >= 4 is 41.4 Å². The molecule has 0 radical (unpaired) electrons. The highest BCUT2D eigenvalue weighted by Gasteiger charge is 2.42. The number of hydrogen-bond acceptors (Lipinski definition) is 5. The second kappa shape index (κ2) is 14.5. The van der Waals surface area contributed by atoms with E-state index in [4.69, 9.17) is 25.9 Å². The highest BCUT2D eigenvalue weighted by Crippen LogP contribution is 2.65. The molecule has 33 heavy (non-hydrogen) atoms. The van der Waals surface area contributed by atoms with E-state index in [1.807, 2.05) is 62.7 Å². The Labute approximate surface area is 209 Å². The molecular formula is C25H40ClN2O3PS. The van der Waals surface area contributed by atoms with Gasteiger partial charge in [-0.05, 0) is 69.0 Å². The van der Waals surface area contributed by atoms with Crippen LogP contribution in [0.15, 0.2) is 40.4 Å². The lowest BCUT2D eigenvalue weighted by atomic mass is 10.1. The van der Waals surface area contributed by atoms with Crippen molar-refractivity contribution in [1.82, 2.24) is 4.67 Å². The zero-order valence-electron chi connectivity index (χ0n) is 20.8. The van der Waals surface area contributed by atoms with Gasteiger partial charge in [-0.3, -0.25) is 4.57 Å². The van der Waals surface area contributed by atoms with E-state index in [-0.39, 0.29) is 11.3 Å². The first-order valence-electron chi connectivity index (χ1n) is 12.1. The molecule has 8 heteroatoms. The Balaban J connectivity index is 2.59. The molecule has 2 atom stereocenters. The standard InChI is InChI=1S/C25H40ClN2O3PS/c1-6-8-11-19-30-25(27-24-16-10-9-13-21(24)5)28(23-15-12-14-22(26)17-18-23)32(29,31-7-2)33-20(3)4/h9-10,13,16-17,20,23H,6-8,11-12,14-15,18-19H2,1-5H3. The second-order valence-corrected chi connectivity index (χ2v) is 13.8. The van der Waals surface area contributed by atoms with Crippen molar-refractivity contribution in [2.45, 2.75) is 90.9 Å². The van der Waals surface area contributed by atoms with Crippen LogP contribution in [0.1, 0.15) is 78.2 Å². The van der Waals surface area contributed by atoms with Crippen molar-refractivity contribution < 1.29 is 13.8 Å². The Morgan fingerprint density at radius 2 is 2.06 bits per heavy atom. The zero-order chi connectivity index (χ0) is 24.3. The van der Waals surface area contributed by atoms with Gasteiger partial charge in [0, 0.05) is 16.3 Å². The number of aryl methyl sites for hydroxylation is 1. The highest BCUT2D eigenvalue weighted by molar-refractivity contribution is 8.56. The summed E-state index contributed by atoms with van der Waals surface area (Å²) in [7, 11) is 0. The van der Waals surface area contributed by atoms with Crippen LogP contribution >= 0.6 is 29.7 Å². The smallest absolute Gasteiger partial charge is 0.357 e. The minimum atomic E-state index is -3.34. The van der Waals surface area contributed by atoms with E-state index in [0.29, 0.717) is 25.7 Å². The second-order valence-electron chi connectivity index (χ2n) is 8.55. The van der Waals surface area contributed by atoms with Crippen LogP contribution in [0.4, 0.5) is 5.69 Å². The van der Waals surface area contributed by atoms with E-state index in [2.05, 4.69) is 6.92 Å². The van der Waals surface area contributed by atoms with E-state index in [9.17, 15) is 4.57 Å². The van der Waals surface area contributed by atoms with Gasteiger partial charge in [0.25, 0.3) is 0 Å². The molecule has 0 bridgehead atoms. The predicted molar refractivity (Wildman–Crippen MR) is 144 cm³/mol. The van der Waals surface area contributed by atoms with Crippen LogP contribution in [0.5, 0.6) is 0 Å². The monoisotopic (exact) mass is 514 g/mol. The Morgan fingerprint density at radius 1 is 1.30 bits per heavy atom. The SMILES string of the molecule is CCCCCOC(=Nc1ccccc1C)N(C1CC=C(Cl)CCC1)P(=O)(OCC)SC(C)C. The number of unbranched alkanes of at least 4 members (excludes halogenated alkanes) is 2. The van der Waals surface area contributed by atoms with Gasteiger partial charge in [-0.15, -0.1) is 0 Å². The van der Waals surface area contributed by atoms with Crippen molar-refractivity contribution in [3.8, 4) is 0 Å². The maximum Gasteiger partial charge on any atom is 0.357 e. The molecular weight excluding hydrogens is 475 g/mol. The van der Waals surface area contributed by atoms with Gasteiger partial charge in [0.05, 0.1) is 18.9 Å². The van der Waals surface area contributed by atoms with Gasteiger partial charge in [0.1, 0.15) is 0 Å². The predicted octanol–water partition coefficient (Wildman–Crippen LogP) is 8.84. The summed E-state index contributed by atoms with van der Waals surface area (Å²) in [5, 5.41) is 0.982. The Bertz CT molecular complexity index is 847. The van der Waals surface area contributed by atoms with Crippen molar-refractivity contribution in [2.24, 2.45) is 4.99 Å². The fourth-order valence-corrected chi connectivity index (χ4v) is 9.01. The Morgan fingerprint density at radius 3 is 2.73 bits per heavy atom. The molecule has 186 valence electrons. The molecule has 1 aromatic carbocycles. The lowest BCUT2D eigenvalue weighted by Crippen LogP contribution is -2.39. The normalized spacial score (nSPS) is 19.1. The molecule has 0 heterocycles. The maximum absolute atomic E-state index is 14.5. The molecule has 0 fully saturated rings. The van der Waals surface area contributed by atoms with Crippen LogP contribution in [-0.4, -0.2) is 35.2 Å². The van der Waals surface area contributed by atoms with Crippen molar-refractivity contribution in [1.29, 1.82) is 0 Å². The van der Waals surface area contributed by atoms with Crippen molar-refractivity contribution in [3.05, 3.63) is 40.9 Å². The first-order valence-corrected chi connectivity index (χ1v) is 15.6. The number of aliphatic imine (C=N–C) groups is 1. The Hall–Kier alpha value is -0.940. The van der Waals surface area contributed by atoms with Crippen LogP contribution < -0.4 is 0 Å². The summed E-state index contributed by atoms with van der Waals surface area (Å²) in [6.07, 6.45) is 8.42. The quantitative estimate of drug-likeness (QED) is 0.128. The molecule has 0 aliphatic heterocycles. The third kappa shape index (κ3) is 8.98. The summed E-state index contributed by atoms with van der Waals surface area (Å²) in [6.45, 7) is 7.70. The van der Waals surface area contributed by atoms with Gasteiger partial charge in [0.15, 0.2) is 0 Å². The van der Waals surface area contributed by atoms with Gasteiger partial charge in [-0.25, -0.2) is 4.67 Å². The summed E-state index contributed by atoms with van der Waals surface area (Å²) in [5.74, 6) is 0. The average molecular weight is 515 g/mol. The molecule has 0 saturated heterocycles. The largest absolute Gasteiger partial charge is 0.465 e. The van der Waals surface area contributed by atoms with Crippen LogP contribution in [0, 0.1) is 6.92 Å². The van der Waals surface area contributed by atoms with Gasteiger partial charge < -0.3 is 9.26 Å². The van der Waals surface area contributed by atoms with E-state index >= 15 is 0 Å². The van der Waals surface area contributed by atoms with Gasteiger partial charge >= 0.3 is 12.7 Å². The molecule has 0 amide bonds. The minimum Gasteiger partial charge on any atom is -0.465 e. The first-order chi connectivity index (χ1) is 15.8. The lowest BCUT2D eigenvalue weighted by Gasteiger charge is -2.38. The third-order valence-corrected chi connectivity index (χ3v) is 10.9. The molecule has 0 N–H and O–H groups in total. The van der Waals surface area contributed by atoms with E-state index in [1.165, 1.54) is 11.4 Å². The maximum atomic E-state index is 14.5. The number of para-hydroxylation sites is 1. The number of halogens is 1. The molecule has 1 aliphatic carbocycles. The zero-order valence-corrected chi connectivity index (χ0v) is 23.2. The molecule has 2 unspecified atom stereocenters. The fourth-order valence-electron chi connectivity index (χ4n) is 3.70. The van der Waals surface area contributed by atoms with Crippen LogP contribution in [0.3, 0.4) is 0 Å². The van der Waals surface area contributed by atoms with E-state index < -0.39 is 6.72 Å². The molecule has 5 nitrogen and oxygen atoms in total. The summed E-state index contributed by atoms with van der Waals surface area (Å²) in [5.41, 5.74) is 1.85. The number of hydrogen-bond donors (Lipinski definition) is 0. The number of nitrogens with zero attached hydrogens (tertiary/aromatic N) is 2. The van der Waals surface area contributed by atoms with E-state index in [1.54, 1.807) is 0 Å². The van der Waals surface area contributed by atoms with Crippen LogP contribution in [-0.2, 0) is 13.8 Å². The molecule has 1 aliphatic rings. The van der Waals surface area contributed by atoms with Crippen LogP contribution in [0.25, 0.3) is 0 Å². The topological polar surface area (TPSA) is 51.1 Å². The summed E-state index contributed by atoms with van der Waals surface area (Å²) in [4.78, 5) is 4.94. The molecule has 0 saturated carbocycles. The number of benzene rings is 1. The first kappa shape index (κ1) is 28.3. The summed E-state index contributed by atoms with van der Waals surface area (Å²) >= 11 is 7.74. The molecule has 1 aromatic rings. The molecule has 0 aromatic heterocycles.